The molecule has 1 heterocycles. The highest BCUT2D eigenvalue weighted by molar-refractivity contribution is 5.92. The van der Waals surface area contributed by atoms with Gasteiger partial charge in [0, 0.05) is 18.2 Å². The average molecular weight is 386 g/mol. The summed E-state index contributed by atoms with van der Waals surface area (Å²) in [6.45, 7) is 5.59. The molecule has 0 aliphatic rings. The smallest absolute Gasteiger partial charge is 0.249 e. The summed E-state index contributed by atoms with van der Waals surface area (Å²) in [6.07, 6.45) is 3.48. The maximum atomic E-state index is 13.9. The van der Waals surface area contributed by atoms with Gasteiger partial charge in [0.15, 0.2) is 5.69 Å². The van der Waals surface area contributed by atoms with E-state index in [-0.39, 0.29) is 23.7 Å². The van der Waals surface area contributed by atoms with E-state index in [0.29, 0.717) is 18.4 Å². The largest absolute Gasteiger partial charge is 0.477 e. The van der Waals surface area contributed by atoms with Gasteiger partial charge in [0.25, 0.3) is 0 Å². The predicted octanol–water partition coefficient (Wildman–Crippen LogP) is 3.56. The second kappa shape index (κ2) is 9.55. The van der Waals surface area contributed by atoms with Crippen molar-refractivity contribution in [3.8, 4) is 11.9 Å². The van der Waals surface area contributed by atoms with Crippen LogP contribution in [0.15, 0.2) is 42.7 Å². The van der Waals surface area contributed by atoms with Gasteiger partial charge < -0.3 is 9.64 Å². The third-order valence-electron chi connectivity index (χ3n) is 4.24. The Morgan fingerprint density at radius 3 is 2.57 bits per heavy atom. The van der Waals surface area contributed by atoms with Crippen LogP contribution in [0.5, 0.6) is 5.88 Å². The molecule has 0 bridgehead atoms. The Morgan fingerprint density at radius 1 is 1.32 bits per heavy atom. The first kappa shape index (κ1) is 21.0. The zero-order valence-electron chi connectivity index (χ0n) is 15.7. The van der Waals surface area contributed by atoms with Crippen molar-refractivity contribution in [2.45, 2.75) is 25.8 Å². The van der Waals surface area contributed by atoms with Crippen LogP contribution >= 0.6 is 0 Å². The first-order valence-electron chi connectivity index (χ1n) is 8.59. The normalized spacial score (nSPS) is 11.4. The van der Waals surface area contributed by atoms with Gasteiger partial charge in [-0.05, 0) is 31.9 Å². The van der Waals surface area contributed by atoms with E-state index in [1.165, 1.54) is 30.4 Å². The predicted molar refractivity (Wildman–Crippen MR) is 98.2 cm³/mol. The van der Waals surface area contributed by atoms with Crippen LogP contribution in [0.1, 0.15) is 37.1 Å². The average Bonchev–Trinajstić information content (AvgIpc) is 2.70. The number of carbonyl (C=O) groups is 1. The van der Waals surface area contributed by atoms with E-state index in [9.17, 15) is 13.6 Å². The van der Waals surface area contributed by atoms with Crippen LogP contribution in [0.3, 0.4) is 0 Å². The second-order valence-electron chi connectivity index (χ2n) is 6.13. The van der Waals surface area contributed by atoms with Crippen LogP contribution in [0.25, 0.3) is 0 Å². The molecule has 2 rings (SSSR count). The Balaban J connectivity index is 1.86. The molecule has 8 heteroatoms. The van der Waals surface area contributed by atoms with Crippen LogP contribution in [-0.2, 0) is 4.79 Å². The quantitative estimate of drug-likeness (QED) is 0.512. The highest BCUT2D eigenvalue weighted by Crippen LogP contribution is 2.26. The van der Waals surface area contributed by atoms with Crippen LogP contribution in [0.2, 0.25) is 0 Å². The van der Waals surface area contributed by atoms with Gasteiger partial charge in [0.05, 0.1) is 25.0 Å². The van der Waals surface area contributed by atoms with Crippen molar-refractivity contribution in [2.24, 2.45) is 0 Å². The summed E-state index contributed by atoms with van der Waals surface area (Å²) < 4.78 is 33.3. The van der Waals surface area contributed by atoms with Crippen molar-refractivity contribution in [2.75, 3.05) is 13.7 Å². The summed E-state index contributed by atoms with van der Waals surface area (Å²) in [5, 5.41) is 8.66. The zero-order chi connectivity index (χ0) is 20.7. The van der Waals surface area contributed by atoms with E-state index in [1.807, 2.05) is 6.07 Å². The molecule has 0 N–H and O–H groups in total. The van der Waals surface area contributed by atoms with E-state index in [4.69, 9.17) is 10.00 Å². The monoisotopic (exact) mass is 386 g/mol. The molecule has 0 aliphatic heterocycles. The van der Waals surface area contributed by atoms with E-state index < -0.39 is 23.6 Å². The molecule has 0 saturated carbocycles. The third kappa shape index (κ3) is 5.10. The van der Waals surface area contributed by atoms with Crippen LogP contribution in [-0.4, -0.2) is 34.4 Å². The second-order valence-corrected chi connectivity index (χ2v) is 6.13. The molecule has 1 atom stereocenters. The number of hydrogen-bond donors (Lipinski definition) is 0. The summed E-state index contributed by atoms with van der Waals surface area (Å²) in [4.78, 5) is 21.5. The molecule has 0 saturated heterocycles. The Kier molecular flexibility index (Phi) is 7.15. The van der Waals surface area contributed by atoms with Gasteiger partial charge in [-0.1, -0.05) is 12.6 Å². The van der Waals surface area contributed by atoms with Crippen LogP contribution in [0, 0.1) is 23.0 Å². The molecule has 6 nitrogen and oxygen atoms in total. The minimum Gasteiger partial charge on any atom is -0.477 e. The fourth-order valence-corrected chi connectivity index (χ4v) is 2.55. The first-order chi connectivity index (χ1) is 13.3. The lowest BCUT2D eigenvalue weighted by Gasteiger charge is -2.26. The summed E-state index contributed by atoms with van der Waals surface area (Å²) in [7, 11) is 1.48. The van der Waals surface area contributed by atoms with Crippen molar-refractivity contribution in [3.05, 3.63) is 65.6 Å². The van der Waals surface area contributed by atoms with Gasteiger partial charge in [0.2, 0.25) is 11.8 Å². The summed E-state index contributed by atoms with van der Waals surface area (Å²) >= 11 is 0. The third-order valence-corrected chi connectivity index (χ3v) is 4.24. The number of carbonyl (C=O) groups excluding carboxylic acids is 1. The number of amides is 1. The number of aromatic nitrogens is 2. The maximum absolute atomic E-state index is 13.9. The molecule has 28 heavy (non-hydrogen) atoms. The van der Waals surface area contributed by atoms with Gasteiger partial charge in [-0.2, -0.15) is 5.26 Å². The fourth-order valence-electron chi connectivity index (χ4n) is 2.55. The molecule has 0 radical (unpaired) electrons. The molecule has 1 amide bonds. The minimum atomic E-state index is -0.782. The number of likely N-dealkylation sites (N-methyl/N-ethyl adjacent to an activating group) is 1. The zero-order valence-corrected chi connectivity index (χ0v) is 15.7. The van der Waals surface area contributed by atoms with Gasteiger partial charge in [-0.25, -0.2) is 18.7 Å². The molecule has 1 unspecified atom stereocenters. The lowest BCUT2D eigenvalue weighted by atomic mass is 10.0. The van der Waals surface area contributed by atoms with Gasteiger partial charge in [-0.3, -0.25) is 4.79 Å². The number of nitriles is 1. The van der Waals surface area contributed by atoms with E-state index in [0.717, 1.165) is 12.1 Å². The molecule has 1 aromatic heterocycles. The van der Waals surface area contributed by atoms with E-state index in [2.05, 4.69) is 16.5 Å². The van der Waals surface area contributed by atoms with Gasteiger partial charge in [0.1, 0.15) is 17.7 Å². The molecule has 0 aliphatic carbocycles. The van der Waals surface area contributed by atoms with Gasteiger partial charge in [-0.15, -0.1) is 0 Å². The maximum Gasteiger partial charge on any atom is 0.249 e. The number of benzene rings is 1. The summed E-state index contributed by atoms with van der Waals surface area (Å²) in [6, 6.07) is 4.67. The molecule has 2 aromatic rings. The number of ether oxygens (including phenoxy) is 1. The topological polar surface area (TPSA) is 79.1 Å². The fraction of sp³-hybridized carbons (Fsp3) is 0.300. The molecule has 1 aromatic carbocycles. The lowest BCUT2D eigenvalue weighted by Crippen LogP contribution is -2.31. The minimum absolute atomic E-state index is 0.158. The Labute approximate surface area is 162 Å². The Hall–Kier alpha value is -3.34. The Morgan fingerprint density at radius 2 is 2.00 bits per heavy atom. The van der Waals surface area contributed by atoms with Crippen molar-refractivity contribution < 1.29 is 18.3 Å². The Bertz CT molecular complexity index is 874. The first-order valence-corrected chi connectivity index (χ1v) is 8.59. The highest BCUT2D eigenvalue weighted by Gasteiger charge is 2.24. The van der Waals surface area contributed by atoms with E-state index >= 15 is 0 Å². The highest BCUT2D eigenvalue weighted by atomic mass is 19.1. The number of hydrogen-bond acceptors (Lipinski definition) is 5. The SMILES string of the molecule is C=C(CCCOc1cnc(C#N)cn1)C(=O)N(C)C(C)c1c(F)cccc1F. The molecular weight excluding hydrogens is 366 g/mol. The molecule has 0 spiro atoms. The van der Waals surface area contributed by atoms with E-state index in [1.54, 1.807) is 6.92 Å². The van der Waals surface area contributed by atoms with Crippen molar-refractivity contribution in [1.82, 2.24) is 14.9 Å². The lowest BCUT2D eigenvalue weighted by molar-refractivity contribution is -0.127. The van der Waals surface area contributed by atoms with Crippen LogP contribution < -0.4 is 4.74 Å². The van der Waals surface area contributed by atoms with Crippen molar-refractivity contribution in [1.29, 1.82) is 5.26 Å². The summed E-state index contributed by atoms with van der Waals surface area (Å²) in [5.41, 5.74) is 0.337. The van der Waals surface area contributed by atoms with Crippen molar-refractivity contribution in [3.63, 3.8) is 0 Å². The number of nitrogens with zero attached hydrogens (tertiary/aromatic N) is 4. The number of halogens is 2. The van der Waals surface area contributed by atoms with Crippen molar-refractivity contribution >= 4 is 5.91 Å². The summed E-state index contributed by atoms with van der Waals surface area (Å²) in [5.74, 6) is -1.52. The standard InChI is InChI=1S/C20H20F2N4O2/c1-13(6-5-9-28-18-12-24-15(10-23)11-25-18)20(27)26(3)14(2)19-16(21)7-4-8-17(19)22/h4,7-8,11-12,14H,1,5-6,9H2,2-3H3. The number of rotatable bonds is 8. The molecular formula is C20H20F2N4O2. The molecule has 146 valence electrons. The van der Waals surface area contributed by atoms with Crippen LogP contribution in [0.4, 0.5) is 8.78 Å². The van der Waals surface area contributed by atoms with Gasteiger partial charge >= 0.3 is 0 Å². The molecule has 0 fully saturated rings.